The Morgan fingerprint density at radius 1 is 1.18 bits per heavy atom. The molecule has 0 bridgehead atoms. The van der Waals surface area contributed by atoms with E-state index >= 15 is 0 Å². The minimum Gasteiger partial charge on any atom is -0.299 e. The molecule has 0 spiro atoms. The highest BCUT2D eigenvalue weighted by Crippen LogP contribution is 2.64. The predicted molar refractivity (Wildman–Crippen MR) is 89.7 cm³/mol. The second kappa shape index (κ2) is 4.66. The number of allylic oxidation sites excluding steroid dienone is 4. The maximum absolute atomic E-state index is 12.4. The van der Waals surface area contributed by atoms with Crippen molar-refractivity contribution in [1.82, 2.24) is 0 Å². The average molecular weight is 363 g/mol. The highest BCUT2D eigenvalue weighted by atomic mass is 79.9. The standard InChI is InChI=1S/C19H23BrO2/c1-18-7-5-11(21)9-15(18)16(20)10-12-13-3-4-17(22)19(13,2)8-6-14(12)18/h5,7,9,12-14,16H,3-4,6,8,10H2,1-2H3/t12-,13-,14-,16+,18+,19-/m0/s1. The molecule has 3 heteroatoms. The fraction of sp³-hybridized carbons (Fsp3) is 0.684. The Morgan fingerprint density at radius 3 is 2.73 bits per heavy atom. The van der Waals surface area contributed by atoms with Gasteiger partial charge in [-0.2, -0.15) is 0 Å². The maximum Gasteiger partial charge on any atom is 0.178 e. The first-order valence-electron chi connectivity index (χ1n) is 8.49. The Bertz CT molecular complexity index is 619. The molecule has 0 radical (unpaired) electrons. The fourth-order valence-electron chi connectivity index (χ4n) is 5.97. The topological polar surface area (TPSA) is 34.1 Å². The van der Waals surface area contributed by atoms with Crippen LogP contribution in [0.15, 0.2) is 23.8 Å². The number of alkyl halides is 1. The molecule has 6 atom stereocenters. The van der Waals surface area contributed by atoms with Crippen molar-refractivity contribution < 1.29 is 9.59 Å². The van der Waals surface area contributed by atoms with Crippen LogP contribution in [-0.4, -0.2) is 16.4 Å². The van der Waals surface area contributed by atoms with Crippen LogP contribution in [0.4, 0.5) is 0 Å². The van der Waals surface area contributed by atoms with Crippen LogP contribution >= 0.6 is 15.9 Å². The monoisotopic (exact) mass is 362 g/mol. The lowest BCUT2D eigenvalue weighted by atomic mass is 9.48. The molecular weight excluding hydrogens is 340 g/mol. The van der Waals surface area contributed by atoms with Crippen molar-refractivity contribution in [3.8, 4) is 0 Å². The summed E-state index contributed by atoms with van der Waals surface area (Å²) in [6.07, 6.45) is 10.8. The first-order valence-corrected chi connectivity index (χ1v) is 9.40. The van der Waals surface area contributed by atoms with E-state index in [1.807, 2.05) is 6.08 Å². The Kier molecular flexibility index (Phi) is 3.15. The zero-order valence-corrected chi connectivity index (χ0v) is 14.9. The number of hydrogen-bond donors (Lipinski definition) is 0. The molecule has 3 fully saturated rings. The largest absolute Gasteiger partial charge is 0.299 e. The number of fused-ring (bicyclic) bond motifs is 5. The van der Waals surface area contributed by atoms with Crippen molar-refractivity contribution in [1.29, 1.82) is 0 Å². The van der Waals surface area contributed by atoms with E-state index in [-0.39, 0.29) is 21.4 Å². The number of carbonyl (C=O) groups excluding carboxylic acids is 2. The van der Waals surface area contributed by atoms with Crippen LogP contribution in [0.3, 0.4) is 0 Å². The van der Waals surface area contributed by atoms with Crippen LogP contribution in [0, 0.1) is 28.6 Å². The van der Waals surface area contributed by atoms with Gasteiger partial charge in [-0.15, -0.1) is 0 Å². The summed E-state index contributed by atoms with van der Waals surface area (Å²) < 4.78 is 0. The molecule has 118 valence electrons. The lowest BCUT2D eigenvalue weighted by Crippen LogP contribution is -2.52. The third-order valence-electron chi connectivity index (χ3n) is 7.25. The number of ketones is 2. The molecule has 0 saturated heterocycles. The van der Waals surface area contributed by atoms with Crippen LogP contribution in [0.1, 0.15) is 46.0 Å². The Balaban J connectivity index is 1.76. The Labute approximate surface area is 140 Å². The molecule has 0 aromatic heterocycles. The van der Waals surface area contributed by atoms with Crippen LogP contribution in [0.5, 0.6) is 0 Å². The van der Waals surface area contributed by atoms with Crippen molar-refractivity contribution in [2.45, 2.75) is 50.8 Å². The van der Waals surface area contributed by atoms with E-state index in [1.165, 1.54) is 5.57 Å². The van der Waals surface area contributed by atoms with E-state index in [9.17, 15) is 9.59 Å². The molecule has 0 amide bonds. The van der Waals surface area contributed by atoms with Gasteiger partial charge < -0.3 is 0 Å². The van der Waals surface area contributed by atoms with Gasteiger partial charge in [-0.05, 0) is 61.2 Å². The molecule has 0 aromatic carbocycles. The van der Waals surface area contributed by atoms with Gasteiger partial charge in [0, 0.05) is 22.1 Å². The highest BCUT2D eigenvalue weighted by molar-refractivity contribution is 9.09. The zero-order valence-electron chi connectivity index (χ0n) is 13.3. The van der Waals surface area contributed by atoms with Gasteiger partial charge >= 0.3 is 0 Å². The molecule has 2 nitrogen and oxygen atoms in total. The minimum absolute atomic E-state index is 0.0159. The lowest BCUT2D eigenvalue weighted by Gasteiger charge is -2.56. The fourth-order valence-corrected chi connectivity index (χ4v) is 7.03. The number of rotatable bonds is 0. The average Bonchev–Trinajstić information content (AvgIpc) is 2.77. The summed E-state index contributed by atoms with van der Waals surface area (Å²) in [5.41, 5.74) is 1.16. The lowest BCUT2D eigenvalue weighted by molar-refractivity contribution is -0.131. The Morgan fingerprint density at radius 2 is 1.95 bits per heavy atom. The van der Waals surface area contributed by atoms with Gasteiger partial charge in [0.25, 0.3) is 0 Å². The van der Waals surface area contributed by atoms with E-state index in [2.05, 4.69) is 35.9 Å². The minimum atomic E-state index is -0.0837. The Hall–Kier alpha value is -0.700. The number of hydrogen-bond acceptors (Lipinski definition) is 2. The van der Waals surface area contributed by atoms with Gasteiger partial charge in [-0.1, -0.05) is 35.9 Å². The van der Waals surface area contributed by atoms with Crippen LogP contribution in [0.25, 0.3) is 0 Å². The number of Topliss-reactive ketones (excluding diaryl/α,β-unsaturated/α-hetero) is 1. The van der Waals surface area contributed by atoms with Crippen molar-refractivity contribution in [3.63, 3.8) is 0 Å². The quantitative estimate of drug-likeness (QED) is 0.604. The molecule has 0 N–H and O–H groups in total. The molecule has 4 rings (SSSR count). The summed E-state index contributed by atoms with van der Waals surface area (Å²) in [4.78, 5) is 24.5. The van der Waals surface area contributed by atoms with Crippen molar-refractivity contribution in [3.05, 3.63) is 23.8 Å². The molecule has 0 heterocycles. The second-order valence-corrected chi connectivity index (χ2v) is 9.22. The van der Waals surface area contributed by atoms with Crippen LogP contribution in [-0.2, 0) is 9.59 Å². The molecule has 4 aliphatic carbocycles. The van der Waals surface area contributed by atoms with Crippen molar-refractivity contribution >= 4 is 27.5 Å². The predicted octanol–water partition coefficient (Wildman–Crippen LogP) is 4.24. The van der Waals surface area contributed by atoms with Gasteiger partial charge in [0.15, 0.2) is 5.78 Å². The first kappa shape index (κ1) is 14.9. The SMILES string of the molecule is C[C@]12C=CC(=O)C=C1[C@H](Br)C[C@@H]1[C@@H]2CC[C@]2(C)C(=O)CC[C@@H]12. The summed E-state index contributed by atoms with van der Waals surface area (Å²) >= 11 is 3.85. The smallest absolute Gasteiger partial charge is 0.178 e. The molecule has 0 aliphatic heterocycles. The van der Waals surface area contributed by atoms with E-state index in [0.29, 0.717) is 23.5 Å². The van der Waals surface area contributed by atoms with Crippen molar-refractivity contribution in [2.24, 2.45) is 28.6 Å². The normalized spacial score (nSPS) is 50.2. The molecule has 0 unspecified atom stereocenters. The summed E-state index contributed by atoms with van der Waals surface area (Å²) in [6.45, 7) is 4.51. The highest BCUT2D eigenvalue weighted by Gasteiger charge is 2.59. The van der Waals surface area contributed by atoms with Gasteiger partial charge in [0.05, 0.1) is 0 Å². The first-order chi connectivity index (χ1) is 10.4. The number of carbonyl (C=O) groups is 2. The third kappa shape index (κ3) is 1.78. The van der Waals surface area contributed by atoms with Crippen LogP contribution in [0.2, 0.25) is 0 Å². The third-order valence-corrected chi connectivity index (χ3v) is 8.11. The summed E-state index contributed by atoms with van der Waals surface area (Å²) in [6, 6.07) is 0. The van der Waals surface area contributed by atoms with Gasteiger partial charge in [-0.3, -0.25) is 9.59 Å². The van der Waals surface area contributed by atoms with Gasteiger partial charge in [0.1, 0.15) is 5.78 Å². The molecule has 22 heavy (non-hydrogen) atoms. The maximum atomic E-state index is 12.4. The van der Waals surface area contributed by atoms with E-state index in [1.54, 1.807) is 6.08 Å². The second-order valence-electron chi connectivity index (χ2n) is 8.12. The van der Waals surface area contributed by atoms with E-state index in [4.69, 9.17) is 0 Å². The molecule has 3 saturated carbocycles. The zero-order chi connectivity index (χ0) is 15.7. The molecule has 4 aliphatic rings. The summed E-state index contributed by atoms with van der Waals surface area (Å²) in [5.74, 6) is 2.30. The van der Waals surface area contributed by atoms with Gasteiger partial charge in [0.2, 0.25) is 0 Å². The number of halogens is 1. The molecular formula is C19H23BrO2. The summed E-state index contributed by atoms with van der Waals surface area (Å²) in [7, 11) is 0. The van der Waals surface area contributed by atoms with Crippen LogP contribution < -0.4 is 0 Å². The van der Waals surface area contributed by atoms with E-state index in [0.717, 1.165) is 32.1 Å². The van der Waals surface area contributed by atoms with Crippen molar-refractivity contribution in [2.75, 3.05) is 0 Å². The summed E-state index contributed by atoms with van der Waals surface area (Å²) in [5, 5.41) is 0. The molecule has 0 aromatic rings. The van der Waals surface area contributed by atoms with Gasteiger partial charge in [-0.25, -0.2) is 0 Å². The van der Waals surface area contributed by atoms with E-state index < -0.39 is 0 Å².